The third kappa shape index (κ3) is 7.55. The van der Waals surface area contributed by atoms with Crippen molar-refractivity contribution in [2.75, 3.05) is 46.9 Å². The largest absolute Gasteiger partial charge is 0.481 e. The SMILES string of the molecule is COc1nc2ccc(Br)cc2cc1[C@@H](c1ccccc1)C(O)(CCCCN1CCN(C)CC1)CCc1ccccc1. The molecule has 0 bridgehead atoms. The number of likely N-dealkylation sites (N-methyl/N-ethyl adjacent to an activating group) is 1. The molecule has 5 rings (SSSR count). The van der Waals surface area contributed by atoms with Gasteiger partial charge in [-0.1, -0.05) is 76.6 Å². The number of aliphatic hydroxyl groups is 1. The van der Waals surface area contributed by atoms with Crippen molar-refractivity contribution in [1.82, 2.24) is 14.8 Å². The molecule has 2 heterocycles. The highest BCUT2D eigenvalue weighted by molar-refractivity contribution is 9.10. The first kappa shape index (κ1) is 29.7. The standard InChI is InChI=1S/C35H42BrN3O2/c1-38-21-23-39(24-22-38)20-10-9-18-35(40,19-17-27-11-5-3-6-12-27)33(28-13-7-4-8-14-28)31-26-29-25-30(36)15-16-32(29)37-34(31)41-2/h3-8,11-16,25-26,33,40H,9-10,17-24H2,1-2H3/t33-,35?/m1/s1. The molecule has 6 heteroatoms. The number of fused-ring (bicyclic) bond motifs is 1. The second kappa shape index (κ2) is 13.9. The fourth-order valence-corrected chi connectivity index (χ4v) is 6.58. The van der Waals surface area contributed by atoms with Gasteiger partial charge in [-0.25, -0.2) is 4.98 Å². The lowest BCUT2D eigenvalue weighted by Crippen LogP contribution is -2.44. The lowest BCUT2D eigenvalue weighted by Gasteiger charge is -2.38. The van der Waals surface area contributed by atoms with E-state index in [-0.39, 0.29) is 5.92 Å². The Balaban J connectivity index is 1.50. The van der Waals surface area contributed by atoms with Crippen molar-refractivity contribution < 1.29 is 9.84 Å². The first-order chi connectivity index (χ1) is 19.9. The van der Waals surface area contributed by atoms with Gasteiger partial charge in [0.25, 0.3) is 0 Å². The van der Waals surface area contributed by atoms with Gasteiger partial charge >= 0.3 is 0 Å². The van der Waals surface area contributed by atoms with Crippen molar-refractivity contribution in [3.8, 4) is 5.88 Å². The minimum atomic E-state index is -0.992. The summed E-state index contributed by atoms with van der Waals surface area (Å²) in [5, 5.41) is 13.9. The van der Waals surface area contributed by atoms with Crippen LogP contribution in [0.1, 0.15) is 48.3 Å². The Morgan fingerprint density at radius 3 is 2.32 bits per heavy atom. The molecule has 41 heavy (non-hydrogen) atoms. The number of ether oxygens (including phenoxy) is 1. The number of methoxy groups -OCH3 is 1. The summed E-state index contributed by atoms with van der Waals surface area (Å²) in [5.74, 6) is 0.283. The van der Waals surface area contributed by atoms with E-state index in [1.165, 1.54) is 5.56 Å². The van der Waals surface area contributed by atoms with E-state index >= 15 is 0 Å². The molecule has 1 fully saturated rings. The van der Waals surface area contributed by atoms with Gasteiger partial charge in [-0.3, -0.25) is 0 Å². The highest BCUT2D eigenvalue weighted by atomic mass is 79.9. The average Bonchev–Trinajstić information content (AvgIpc) is 3.00. The first-order valence-corrected chi connectivity index (χ1v) is 15.6. The minimum Gasteiger partial charge on any atom is -0.481 e. The van der Waals surface area contributed by atoms with E-state index < -0.39 is 5.60 Å². The van der Waals surface area contributed by atoms with Crippen LogP contribution in [0.25, 0.3) is 10.9 Å². The summed E-state index contributed by atoms with van der Waals surface area (Å²) < 4.78 is 6.92. The zero-order chi connectivity index (χ0) is 28.7. The molecule has 4 aromatic rings. The molecule has 0 aliphatic carbocycles. The van der Waals surface area contributed by atoms with Crippen LogP contribution in [0, 0.1) is 0 Å². The van der Waals surface area contributed by atoms with Crippen LogP contribution < -0.4 is 4.74 Å². The normalized spacial score (nSPS) is 16.9. The van der Waals surface area contributed by atoms with Crippen molar-refractivity contribution >= 4 is 26.8 Å². The number of benzene rings is 3. The Bertz CT molecular complexity index is 1390. The maximum absolute atomic E-state index is 12.8. The molecule has 0 spiro atoms. The molecule has 1 N–H and O–H groups in total. The fraction of sp³-hybridized carbons (Fsp3) is 0.400. The van der Waals surface area contributed by atoms with Gasteiger partial charge in [-0.15, -0.1) is 0 Å². The molecule has 1 aliphatic rings. The summed E-state index contributed by atoms with van der Waals surface area (Å²) >= 11 is 3.63. The Hall–Kier alpha value is -2.77. The van der Waals surface area contributed by atoms with Gasteiger partial charge in [0.2, 0.25) is 5.88 Å². The molecule has 1 aromatic heterocycles. The molecule has 1 aliphatic heterocycles. The summed E-state index contributed by atoms with van der Waals surface area (Å²) in [7, 11) is 3.88. The summed E-state index contributed by atoms with van der Waals surface area (Å²) in [4.78, 5) is 9.87. The molecule has 0 radical (unpaired) electrons. The minimum absolute atomic E-state index is 0.290. The molecular weight excluding hydrogens is 574 g/mol. The lowest BCUT2D eigenvalue weighted by atomic mass is 9.72. The molecule has 1 unspecified atom stereocenters. The number of hydrogen-bond donors (Lipinski definition) is 1. The van der Waals surface area contributed by atoms with Crippen LogP contribution in [-0.2, 0) is 6.42 Å². The molecule has 216 valence electrons. The van der Waals surface area contributed by atoms with Crippen molar-refractivity contribution in [1.29, 1.82) is 0 Å². The second-order valence-corrected chi connectivity index (χ2v) is 12.4. The predicted molar refractivity (Wildman–Crippen MR) is 172 cm³/mol. The number of hydrogen-bond acceptors (Lipinski definition) is 5. The highest BCUT2D eigenvalue weighted by Gasteiger charge is 2.40. The van der Waals surface area contributed by atoms with E-state index in [1.807, 2.05) is 24.3 Å². The van der Waals surface area contributed by atoms with Crippen LogP contribution in [0.4, 0.5) is 0 Å². The number of rotatable bonds is 12. The van der Waals surface area contributed by atoms with E-state index in [4.69, 9.17) is 9.72 Å². The Morgan fingerprint density at radius 1 is 0.902 bits per heavy atom. The van der Waals surface area contributed by atoms with Crippen LogP contribution in [0.15, 0.2) is 89.4 Å². The van der Waals surface area contributed by atoms with Crippen molar-refractivity contribution in [2.45, 2.75) is 43.6 Å². The number of nitrogens with zero attached hydrogens (tertiary/aromatic N) is 3. The van der Waals surface area contributed by atoms with Crippen LogP contribution in [0.2, 0.25) is 0 Å². The molecule has 2 atom stereocenters. The predicted octanol–water partition coefficient (Wildman–Crippen LogP) is 6.92. The fourth-order valence-electron chi connectivity index (χ4n) is 6.20. The van der Waals surface area contributed by atoms with Crippen LogP contribution in [0.5, 0.6) is 5.88 Å². The first-order valence-electron chi connectivity index (χ1n) is 14.8. The average molecular weight is 617 g/mol. The van der Waals surface area contributed by atoms with Crippen molar-refractivity contribution in [3.63, 3.8) is 0 Å². The van der Waals surface area contributed by atoms with E-state index in [0.29, 0.717) is 18.7 Å². The Kier molecular flexibility index (Phi) is 10.1. The van der Waals surface area contributed by atoms with Crippen LogP contribution in [-0.4, -0.2) is 72.4 Å². The number of pyridine rings is 1. The molecular formula is C35H42BrN3O2. The zero-order valence-electron chi connectivity index (χ0n) is 24.3. The van der Waals surface area contributed by atoms with E-state index in [9.17, 15) is 5.11 Å². The summed E-state index contributed by atoms with van der Waals surface area (Å²) in [6.07, 6.45) is 4.17. The van der Waals surface area contributed by atoms with Gasteiger partial charge in [0, 0.05) is 47.5 Å². The van der Waals surface area contributed by atoms with E-state index in [0.717, 1.165) is 78.5 Å². The number of unbranched alkanes of at least 4 members (excludes halogenated alkanes) is 1. The zero-order valence-corrected chi connectivity index (χ0v) is 25.9. The molecule has 0 saturated carbocycles. The third-order valence-corrected chi connectivity index (χ3v) is 9.06. The maximum atomic E-state index is 12.8. The van der Waals surface area contributed by atoms with Crippen LogP contribution in [0.3, 0.4) is 0 Å². The number of halogens is 1. The highest BCUT2D eigenvalue weighted by Crippen LogP contribution is 2.45. The summed E-state index contributed by atoms with van der Waals surface area (Å²) in [5.41, 5.74) is 3.13. The maximum Gasteiger partial charge on any atom is 0.217 e. The summed E-state index contributed by atoms with van der Waals surface area (Å²) in [6.45, 7) is 5.57. The quantitative estimate of drug-likeness (QED) is 0.175. The van der Waals surface area contributed by atoms with Gasteiger partial charge in [0.05, 0.1) is 18.2 Å². The molecule has 3 aromatic carbocycles. The number of piperazine rings is 1. The molecule has 0 amide bonds. The van der Waals surface area contributed by atoms with Crippen molar-refractivity contribution in [3.05, 3.63) is 106 Å². The van der Waals surface area contributed by atoms with Gasteiger partial charge in [-0.2, -0.15) is 0 Å². The number of aromatic nitrogens is 1. The van der Waals surface area contributed by atoms with Crippen LogP contribution >= 0.6 is 15.9 Å². The lowest BCUT2D eigenvalue weighted by molar-refractivity contribution is 0.00310. The topological polar surface area (TPSA) is 48.8 Å². The van der Waals surface area contributed by atoms with E-state index in [2.05, 4.69) is 93.4 Å². The molecule has 1 saturated heterocycles. The molecule has 5 nitrogen and oxygen atoms in total. The Labute approximate surface area is 253 Å². The second-order valence-electron chi connectivity index (χ2n) is 11.5. The Morgan fingerprint density at radius 2 is 1.61 bits per heavy atom. The monoisotopic (exact) mass is 615 g/mol. The van der Waals surface area contributed by atoms with Gasteiger partial charge in [-0.05, 0) is 81.1 Å². The van der Waals surface area contributed by atoms with Gasteiger partial charge < -0.3 is 19.6 Å². The smallest absolute Gasteiger partial charge is 0.217 e. The number of aryl methyl sites for hydroxylation is 1. The summed E-state index contributed by atoms with van der Waals surface area (Å²) in [6, 6.07) is 29.2. The van der Waals surface area contributed by atoms with Gasteiger partial charge in [0.15, 0.2) is 0 Å². The van der Waals surface area contributed by atoms with E-state index in [1.54, 1.807) is 7.11 Å². The third-order valence-electron chi connectivity index (χ3n) is 8.56. The van der Waals surface area contributed by atoms with Gasteiger partial charge in [0.1, 0.15) is 0 Å². The van der Waals surface area contributed by atoms with Crippen molar-refractivity contribution in [2.24, 2.45) is 0 Å².